The summed E-state index contributed by atoms with van der Waals surface area (Å²) in [6.07, 6.45) is 17.0. The van der Waals surface area contributed by atoms with Crippen LogP contribution in [0.25, 0.3) is 0 Å². The lowest BCUT2D eigenvalue weighted by molar-refractivity contribution is 0.230. The van der Waals surface area contributed by atoms with E-state index in [0.717, 1.165) is 29.2 Å². The monoisotopic (exact) mass is 267 g/mol. The Hall–Kier alpha value is 0.310. The molecule has 3 saturated carbocycles. The Bertz CT molecular complexity index is 256. The van der Waals surface area contributed by atoms with Gasteiger partial charge in [0.05, 0.1) is 0 Å². The SMILES string of the molecule is CSC1CCC(NC2CCCC(C3CC3)C2)CC1. The summed E-state index contributed by atoms with van der Waals surface area (Å²) >= 11 is 2.08. The van der Waals surface area contributed by atoms with Crippen LogP contribution in [-0.2, 0) is 0 Å². The molecule has 0 spiro atoms. The third-order valence-electron chi connectivity index (χ3n) is 5.48. The fourth-order valence-electron chi connectivity index (χ4n) is 4.17. The Kier molecular flexibility index (Phi) is 4.56. The average Bonchev–Trinajstić information content (AvgIpc) is 3.24. The molecule has 18 heavy (non-hydrogen) atoms. The normalized spacial score (nSPS) is 41.8. The molecule has 3 rings (SSSR count). The minimum atomic E-state index is 0.844. The Morgan fingerprint density at radius 2 is 1.56 bits per heavy atom. The summed E-state index contributed by atoms with van der Waals surface area (Å²) in [7, 11) is 0. The lowest BCUT2D eigenvalue weighted by Gasteiger charge is -2.35. The second kappa shape index (κ2) is 6.17. The van der Waals surface area contributed by atoms with Crippen LogP contribution in [-0.4, -0.2) is 23.6 Å². The van der Waals surface area contributed by atoms with E-state index in [-0.39, 0.29) is 0 Å². The van der Waals surface area contributed by atoms with E-state index < -0.39 is 0 Å². The van der Waals surface area contributed by atoms with Crippen molar-refractivity contribution in [3.8, 4) is 0 Å². The van der Waals surface area contributed by atoms with E-state index in [9.17, 15) is 0 Å². The predicted octanol–water partition coefficient (Wildman–Crippen LogP) is 4.22. The molecular formula is C16H29NS. The van der Waals surface area contributed by atoms with Gasteiger partial charge < -0.3 is 5.32 Å². The van der Waals surface area contributed by atoms with E-state index >= 15 is 0 Å². The maximum absolute atomic E-state index is 4.01. The van der Waals surface area contributed by atoms with E-state index in [0.29, 0.717) is 0 Å². The molecule has 0 bridgehead atoms. The lowest BCUT2D eigenvalue weighted by Crippen LogP contribution is -2.43. The van der Waals surface area contributed by atoms with E-state index in [2.05, 4.69) is 23.3 Å². The summed E-state index contributed by atoms with van der Waals surface area (Å²) in [5.74, 6) is 2.21. The summed E-state index contributed by atoms with van der Waals surface area (Å²) in [6, 6.07) is 1.71. The Labute approximate surface area is 117 Å². The van der Waals surface area contributed by atoms with E-state index in [4.69, 9.17) is 0 Å². The molecule has 0 heterocycles. The van der Waals surface area contributed by atoms with Gasteiger partial charge >= 0.3 is 0 Å². The molecule has 104 valence electrons. The number of nitrogens with one attached hydrogen (secondary N) is 1. The fraction of sp³-hybridized carbons (Fsp3) is 1.00. The van der Waals surface area contributed by atoms with E-state index in [1.54, 1.807) is 0 Å². The highest BCUT2D eigenvalue weighted by molar-refractivity contribution is 7.99. The molecule has 0 aromatic rings. The number of rotatable bonds is 4. The van der Waals surface area contributed by atoms with Crippen LogP contribution in [0, 0.1) is 11.8 Å². The lowest BCUT2D eigenvalue weighted by atomic mass is 9.82. The molecule has 0 aliphatic heterocycles. The minimum Gasteiger partial charge on any atom is -0.311 e. The molecule has 0 aromatic heterocycles. The topological polar surface area (TPSA) is 12.0 Å². The summed E-state index contributed by atoms with van der Waals surface area (Å²) in [5, 5.41) is 4.96. The Balaban J connectivity index is 1.42. The molecule has 0 amide bonds. The van der Waals surface area contributed by atoms with Crippen LogP contribution < -0.4 is 5.32 Å². The highest BCUT2D eigenvalue weighted by Gasteiger charge is 2.35. The van der Waals surface area contributed by atoms with Crippen LogP contribution in [0.2, 0.25) is 0 Å². The van der Waals surface area contributed by atoms with Gasteiger partial charge in [-0.3, -0.25) is 0 Å². The zero-order chi connectivity index (χ0) is 12.4. The smallest absolute Gasteiger partial charge is 0.00723 e. The average molecular weight is 267 g/mol. The quantitative estimate of drug-likeness (QED) is 0.818. The number of hydrogen-bond donors (Lipinski definition) is 1. The van der Waals surface area contributed by atoms with Gasteiger partial charge in [-0.25, -0.2) is 0 Å². The molecule has 3 aliphatic carbocycles. The van der Waals surface area contributed by atoms with Crippen molar-refractivity contribution in [2.75, 3.05) is 6.26 Å². The van der Waals surface area contributed by atoms with Crippen molar-refractivity contribution in [2.45, 2.75) is 81.5 Å². The molecule has 0 saturated heterocycles. The van der Waals surface area contributed by atoms with E-state index in [1.165, 1.54) is 64.2 Å². The maximum atomic E-state index is 4.01. The Morgan fingerprint density at radius 3 is 2.22 bits per heavy atom. The summed E-state index contributed by atoms with van der Waals surface area (Å²) in [5.41, 5.74) is 0. The fourth-order valence-corrected chi connectivity index (χ4v) is 4.92. The van der Waals surface area contributed by atoms with Crippen LogP contribution in [0.3, 0.4) is 0 Å². The summed E-state index contributed by atoms with van der Waals surface area (Å²) in [6.45, 7) is 0. The molecule has 2 atom stereocenters. The van der Waals surface area contributed by atoms with Gasteiger partial charge in [-0.05, 0) is 69.5 Å². The zero-order valence-electron chi connectivity index (χ0n) is 11.9. The first-order valence-corrected chi connectivity index (χ1v) is 9.43. The molecule has 2 heteroatoms. The second-order valence-corrected chi connectivity index (χ2v) is 7.98. The molecule has 3 aliphatic rings. The van der Waals surface area contributed by atoms with Gasteiger partial charge in [-0.2, -0.15) is 11.8 Å². The summed E-state index contributed by atoms with van der Waals surface area (Å²) in [4.78, 5) is 0. The predicted molar refractivity (Wildman–Crippen MR) is 81.2 cm³/mol. The molecule has 1 N–H and O–H groups in total. The minimum absolute atomic E-state index is 0.844. The zero-order valence-corrected chi connectivity index (χ0v) is 12.7. The van der Waals surface area contributed by atoms with Crippen LogP contribution >= 0.6 is 11.8 Å². The van der Waals surface area contributed by atoms with Gasteiger partial charge in [-0.15, -0.1) is 0 Å². The standard InChI is InChI=1S/C16H29NS/c1-18-16-9-7-14(8-10-16)17-15-4-2-3-13(11-15)12-5-6-12/h12-17H,2-11H2,1H3. The van der Waals surface area contributed by atoms with Crippen LogP contribution in [0.15, 0.2) is 0 Å². The highest BCUT2D eigenvalue weighted by atomic mass is 32.2. The highest BCUT2D eigenvalue weighted by Crippen LogP contribution is 2.44. The second-order valence-electron chi connectivity index (χ2n) is 6.84. The third kappa shape index (κ3) is 3.45. The Morgan fingerprint density at radius 1 is 0.778 bits per heavy atom. The van der Waals surface area contributed by atoms with E-state index in [1.807, 2.05) is 0 Å². The molecule has 0 radical (unpaired) electrons. The number of thioether (sulfide) groups is 1. The van der Waals surface area contributed by atoms with Crippen LogP contribution in [0.1, 0.15) is 64.2 Å². The summed E-state index contributed by atoms with van der Waals surface area (Å²) < 4.78 is 0. The van der Waals surface area contributed by atoms with Gasteiger partial charge in [0.25, 0.3) is 0 Å². The van der Waals surface area contributed by atoms with Gasteiger partial charge in [0.1, 0.15) is 0 Å². The van der Waals surface area contributed by atoms with Crippen LogP contribution in [0.5, 0.6) is 0 Å². The van der Waals surface area contributed by atoms with Gasteiger partial charge in [0.15, 0.2) is 0 Å². The first kappa shape index (κ1) is 13.3. The number of hydrogen-bond acceptors (Lipinski definition) is 2. The van der Waals surface area contributed by atoms with Crippen molar-refractivity contribution < 1.29 is 0 Å². The molecule has 0 aromatic carbocycles. The van der Waals surface area contributed by atoms with Crippen molar-refractivity contribution in [3.63, 3.8) is 0 Å². The first-order chi connectivity index (χ1) is 8.85. The molecule has 2 unspecified atom stereocenters. The van der Waals surface area contributed by atoms with Gasteiger partial charge in [0, 0.05) is 17.3 Å². The molecular weight excluding hydrogens is 238 g/mol. The van der Waals surface area contributed by atoms with Crippen LogP contribution in [0.4, 0.5) is 0 Å². The maximum Gasteiger partial charge on any atom is 0.00723 e. The van der Waals surface area contributed by atoms with Crippen molar-refractivity contribution in [3.05, 3.63) is 0 Å². The molecule has 1 nitrogen and oxygen atoms in total. The molecule has 3 fully saturated rings. The van der Waals surface area contributed by atoms with Crippen molar-refractivity contribution >= 4 is 11.8 Å². The largest absolute Gasteiger partial charge is 0.311 e. The third-order valence-corrected chi connectivity index (χ3v) is 6.62. The van der Waals surface area contributed by atoms with Gasteiger partial charge in [0.2, 0.25) is 0 Å². The van der Waals surface area contributed by atoms with Crippen molar-refractivity contribution in [2.24, 2.45) is 11.8 Å². The van der Waals surface area contributed by atoms with Crippen molar-refractivity contribution in [1.82, 2.24) is 5.32 Å². The van der Waals surface area contributed by atoms with Gasteiger partial charge in [-0.1, -0.05) is 12.8 Å². The van der Waals surface area contributed by atoms with Crippen molar-refractivity contribution in [1.29, 1.82) is 0 Å². The first-order valence-electron chi connectivity index (χ1n) is 8.14.